The molecule has 0 aliphatic rings. The van der Waals surface area contributed by atoms with E-state index < -0.39 is 6.61 Å². The fourth-order valence-corrected chi connectivity index (χ4v) is 2.09. The third-order valence-electron chi connectivity index (χ3n) is 1.66. The molecule has 0 aliphatic heterocycles. The average molecular weight is 315 g/mol. The maximum Gasteiger partial charge on any atom is 0.387 e. The lowest BCUT2D eigenvalue weighted by Crippen LogP contribution is -2.12. The topological polar surface area (TPSA) is 21.3 Å². The van der Waals surface area contributed by atoms with Crippen molar-refractivity contribution in [2.24, 2.45) is 0 Å². The lowest BCUT2D eigenvalue weighted by molar-refractivity contribution is -0.0498. The number of alkyl halides is 2. The van der Waals surface area contributed by atoms with Crippen molar-refractivity contribution in [2.75, 3.05) is 5.32 Å². The minimum atomic E-state index is -2.87. The average Bonchev–Trinajstić information content (AvgIpc) is 2.09. The molecule has 0 aromatic heterocycles. The number of halogens is 4. The van der Waals surface area contributed by atoms with Gasteiger partial charge in [-0.15, -0.1) is 0 Å². The molecule has 0 radical (unpaired) electrons. The van der Waals surface area contributed by atoms with Gasteiger partial charge in [-0.3, -0.25) is 0 Å². The first kappa shape index (κ1) is 13.5. The molecule has 0 saturated carbocycles. The van der Waals surface area contributed by atoms with Crippen LogP contribution in [0, 0.1) is 0 Å². The van der Waals surface area contributed by atoms with Gasteiger partial charge in [-0.05, 0) is 41.9 Å². The summed E-state index contributed by atoms with van der Waals surface area (Å²) in [6.45, 7) is 0.909. The number of hydrogen-bond donors (Lipinski definition) is 1. The maximum absolute atomic E-state index is 12.2. The highest BCUT2D eigenvalue weighted by molar-refractivity contribution is 9.10. The first-order chi connectivity index (χ1) is 7.40. The highest BCUT2D eigenvalue weighted by Crippen LogP contribution is 2.37. The van der Waals surface area contributed by atoms with Gasteiger partial charge < -0.3 is 10.1 Å². The van der Waals surface area contributed by atoms with Crippen LogP contribution in [0.1, 0.15) is 13.8 Å². The van der Waals surface area contributed by atoms with E-state index in [0.717, 1.165) is 0 Å². The summed E-state index contributed by atoms with van der Waals surface area (Å²) in [5.41, 5.74) is 0.440. The Morgan fingerprint density at radius 2 is 2.00 bits per heavy atom. The van der Waals surface area contributed by atoms with Crippen molar-refractivity contribution in [3.8, 4) is 5.75 Å². The molecule has 16 heavy (non-hydrogen) atoms. The van der Waals surface area contributed by atoms with Crippen molar-refractivity contribution in [3.63, 3.8) is 0 Å². The number of hydrogen-bond acceptors (Lipinski definition) is 2. The Hall–Kier alpha value is -0.550. The van der Waals surface area contributed by atoms with Crippen molar-refractivity contribution in [2.45, 2.75) is 26.5 Å². The smallest absolute Gasteiger partial charge is 0.387 e. The fourth-order valence-electron chi connectivity index (χ4n) is 1.19. The molecular weight excluding hydrogens is 303 g/mol. The summed E-state index contributed by atoms with van der Waals surface area (Å²) in [6, 6.07) is 3.14. The van der Waals surface area contributed by atoms with Gasteiger partial charge >= 0.3 is 6.61 Å². The Bertz CT molecular complexity index is 374. The molecular formula is C10H11BrClF2NO. The van der Waals surface area contributed by atoms with Gasteiger partial charge in [0.15, 0.2) is 5.75 Å². The molecule has 0 amide bonds. The van der Waals surface area contributed by atoms with Crippen molar-refractivity contribution < 1.29 is 13.5 Å². The van der Waals surface area contributed by atoms with Crippen LogP contribution in [0.4, 0.5) is 14.5 Å². The molecule has 1 aromatic carbocycles. The van der Waals surface area contributed by atoms with Gasteiger partial charge in [0, 0.05) is 11.1 Å². The van der Waals surface area contributed by atoms with Gasteiger partial charge in [-0.1, -0.05) is 11.6 Å². The predicted molar refractivity (Wildman–Crippen MR) is 64.5 cm³/mol. The maximum atomic E-state index is 12.2. The highest BCUT2D eigenvalue weighted by atomic mass is 79.9. The number of anilines is 1. The van der Waals surface area contributed by atoms with E-state index in [0.29, 0.717) is 15.2 Å². The molecule has 0 saturated heterocycles. The third-order valence-corrected chi connectivity index (χ3v) is 2.47. The summed E-state index contributed by atoms with van der Waals surface area (Å²) in [5.74, 6) is 0.0631. The number of ether oxygens (including phenoxy) is 1. The minimum absolute atomic E-state index is 0.0631. The van der Waals surface area contributed by atoms with E-state index in [1.54, 1.807) is 6.07 Å². The number of benzene rings is 1. The first-order valence-electron chi connectivity index (χ1n) is 4.60. The zero-order chi connectivity index (χ0) is 12.3. The lowest BCUT2D eigenvalue weighted by atomic mass is 10.2. The van der Waals surface area contributed by atoms with E-state index in [1.165, 1.54) is 6.07 Å². The van der Waals surface area contributed by atoms with E-state index in [9.17, 15) is 8.78 Å². The fraction of sp³-hybridized carbons (Fsp3) is 0.400. The molecule has 1 aromatic rings. The third kappa shape index (κ3) is 3.79. The molecule has 0 spiro atoms. The van der Waals surface area contributed by atoms with Crippen LogP contribution in [0.15, 0.2) is 16.6 Å². The van der Waals surface area contributed by atoms with Gasteiger partial charge in [-0.2, -0.15) is 8.78 Å². The van der Waals surface area contributed by atoms with Crippen LogP contribution in [0.3, 0.4) is 0 Å². The van der Waals surface area contributed by atoms with Gasteiger partial charge in [-0.25, -0.2) is 0 Å². The van der Waals surface area contributed by atoms with Crippen molar-refractivity contribution in [1.82, 2.24) is 0 Å². The Balaban J connectivity index is 3.10. The molecule has 0 unspecified atom stereocenters. The second kappa shape index (κ2) is 5.68. The van der Waals surface area contributed by atoms with Crippen LogP contribution in [0.25, 0.3) is 0 Å². The van der Waals surface area contributed by atoms with Crippen LogP contribution in [-0.2, 0) is 0 Å². The summed E-state index contributed by atoms with van der Waals surface area (Å²) in [4.78, 5) is 0. The van der Waals surface area contributed by atoms with E-state index in [-0.39, 0.29) is 11.8 Å². The summed E-state index contributed by atoms with van der Waals surface area (Å²) in [7, 11) is 0. The molecule has 1 rings (SSSR count). The molecule has 6 heteroatoms. The molecule has 0 bridgehead atoms. The minimum Gasteiger partial charge on any atom is -0.431 e. The van der Waals surface area contributed by atoms with Crippen LogP contribution in [0.2, 0.25) is 5.02 Å². The van der Waals surface area contributed by atoms with Crippen molar-refractivity contribution in [3.05, 3.63) is 21.6 Å². The molecule has 0 fully saturated rings. The Kier molecular flexibility index (Phi) is 4.80. The van der Waals surface area contributed by atoms with E-state index in [1.807, 2.05) is 13.8 Å². The highest BCUT2D eigenvalue weighted by Gasteiger charge is 2.15. The molecule has 2 nitrogen and oxygen atoms in total. The zero-order valence-electron chi connectivity index (χ0n) is 8.73. The SMILES string of the molecule is CC(C)Nc1cc(Cl)cc(Br)c1OC(F)F. The van der Waals surface area contributed by atoms with Gasteiger partial charge in [0.25, 0.3) is 0 Å². The van der Waals surface area contributed by atoms with E-state index >= 15 is 0 Å². The van der Waals surface area contributed by atoms with Crippen molar-refractivity contribution in [1.29, 1.82) is 0 Å². The second-order valence-corrected chi connectivity index (χ2v) is 4.73. The van der Waals surface area contributed by atoms with Crippen LogP contribution >= 0.6 is 27.5 Å². The summed E-state index contributed by atoms with van der Waals surface area (Å²) < 4.78 is 29.3. The Morgan fingerprint density at radius 3 is 2.50 bits per heavy atom. The quantitative estimate of drug-likeness (QED) is 0.882. The standard InChI is InChI=1S/C10H11BrClF2NO/c1-5(2)15-8-4-6(12)3-7(11)9(8)16-10(13)14/h3-5,10,15H,1-2H3. The lowest BCUT2D eigenvalue weighted by Gasteiger charge is -2.16. The van der Waals surface area contributed by atoms with E-state index in [2.05, 4.69) is 26.0 Å². The summed E-state index contributed by atoms with van der Waals surface area (Å²) >= 11 is 8.96. The monoisotopic (exact) mass is 313 g/mol. The second-order valence-electron chi connectivity index (χ2n) is 3.44. The Labute approximate surface area is 106 Å². The van der Waals surface area contributed by atoms with E-state index in [4.69, 9.17) is 11.6 Å². The molecule has 0 aliphatic carbocycles. The molecule has 1 N–H and O–H groups in total. The van der Waals surface area contributed by atoms with Crippen molar-refractivity contribution >= 4 is 33.2 Å². The van der Waals surface area contributed by atoms with Crippen LogP contribution in [-0.4, -0.2) is 12.7 Å². The normalized spacial score (nSPS) is 11.0. The zero-order valence-corrected chi connectivity index (χ0v) is 11.1. The summed E-state index contributed by atoms with van der Waals surface area (Å²) in [6.07, 6.45) is 0. The predicted octanol–water partition coefficient (Wildman–Crippen LogP) is 4.52. The molecule has 0 heterocycles. The molecule has 0 atom stereocenters. The number of nitrogens with one attached hydrogen (secondary N) is 1. The first-order valence-corrected chi connectivity index (χ1v) is 5.77. The molecule has 90 valence electrons. The largest absolute Gasteiger partial charge is 0.431 e. The van der Waals surface area contributed by atoms with Crippen LogP contribution in [0.5, 0.6) is 5.75 Å². The number of rotatable bonds is 4. The van der Waals surface area contributed by atoms with Gasteiger partial charge in [0.2, 0.25) is 0 Å². The van der Waals surface area contributed by atoms with Gasteiger partial charge in [0.1, 0.15) is 0 Å². The Morgan fingerprint density at radius 1 is 1.38 bits per heavy atom. The van der Waals surface area contributed by atoms with Gasteiger partial charge in [0.05, 0.1) is 10.2 Å². The van der Waals surface area contributed by atoms with Crippen LogP contribution < -0.4 is 10.1 Å². The summed E-state index contributed by atoms with van der Waals surface area (Å²) in [5, 5.41) is 3.43.